The minimum Gasteiger partial charge on any atom is -0.390 e. The van der Waals surface area contributed by atoms with Crippen molar-refractivity contribution >= 4 is 16.7 Å². The molecule has 158 valence electrons. The van der Waals surface area contributed by atoms with Crippen LogP contribution in [-0.2, 0) is 20.0 Å². The topological polar surface area (TPSA) is 53.3 Å². The Hall–Kier alpha value is -3.15. The summed E-state index contributed by atoms with van der Waals surface area (Å²) < 4.78 is 2.04. The molecule has 2 N–H and O–H groups in total. The molecule has 2 unspecified atom stereocenters. The van der Waals surface area contributed by atoms with Crippen LogP contribution in [-0.4, -0.2) is 38.4 Å². The SMILES string of the molecule is CC(O)C(Nc1cccc(-c2ccc3ncn(C)c3c2)c1)N1CCc2ccccc2C1. The van der Waals surface area contributed by atoms with Crippen molar-refractivity contribution in [1.82, 2.24) is 14.5 Å². The third-order valence-electron chi connectivity index (χ3n) is 6.25. The molecule has 5 heteroatoms. The van der Waals surface area contributed by atoms with Crippen molar-refractivity contribution in [3.63, 3.8) is 0 Å². The summed E-state index contributed by atoms with van der Waals surface area (Å²) in [6.07, 6.45) is 2.20. The first-order valence-electron chi connectivity index (χ1n) is 10.9. The van der Waals surface area contributed by atoms with Gasteiger partial charge in [0, 0.05) is 25.8 Å². The summed E-state index contributed by atoms with van der Waals surface area (Å²) in [5.41, 5.74) is 8.17. The molecule has 0 saturated carbocycles. The maximum Gasteiger partial charge on any atom is 0.106 e. The van der Waals surface area contributed by atoms with Gasteiger partial charge < -0.3 is 15.0 Å². The number of aryl methyl sites for hydroxylation is 1. The summed E-state index contributed by atoms with van der Waals surface area (Å²) >= 11 is 0. The summed E-state index contributed by atoms with van der Waals surface area (Å²) in [6, 6.07) is 23.4. The van der Waals surface area contributed by atoms with Gasteiger partial charge in [-0.05, 0) is 59.9 Å². The second-order valence-corrected chi connectivity index (χ2v) is 8.46. The smallest absolute Gasteiger partial charge is 0.106 e. The number of aliphatic hydroxyl groups is 1. The molecule has 1 aromatic heterocycles. The zero-order chi connectivity index (χ0) is 21.4. The number of nitrogens with zero attached hydrogens (tertiary/aromatic N) is 3. The Labute approximate surface area is 183 Å². The molecule has 0 aliphatic carbocycles. The Morgan fingerprint density at radius 1 is 0.968 bits per heavy atom. The van der Waals surface area contributed by atoms with E-state index in [0.717, 1.165) is 47.4 Å². The minimum absolute atomic E-state index is 0.150. The Kier molecular flexibility index (Phi) is 5.22. The number of anilines is 1. The molecule has 3 aromatic carbocycles. The highest BCUT2D eigenvalue weighted by Crippen LogP contribution is 2.28. The zero-order valence-corrected chi connectivity index (χ0v) is 18.0. The molecule has 1 aliphatic rings. The minimum atomic E-state index is -0.500. The molecule has 4 aromatic rings. The largest absolute Gasteiger partial charge is 0.390 e. The first-order chi connectivity index (χ1) is 15.1. The molecule has 0 spiro atoms. The van der Waals surface area contributed by atoms with Gasteiger partial charge in [0.2, 0.25) is 0 Å². The van der Waals surface area contributed by atoms with E-state index in [1.54, 1.807) is 0 Å². The number of aliphatic hydroxyl groups excluding tert-OH is 1. The van der Waals surface area contributed by atoms with E-state index in [2.05, 4.69) is 81.9 Å². The predicted octanol–water partition coefficient (Wildman–Crippen LogP) is 4.42. The molecule has 2 heterocycles. The molecule has 2 atom stereocenters. The van der Waals surface area contributed by atoms with E-state index in [0.29, 0.717) is 0 Å². The van der Waals surface area contributed by atoms with Crippen molar-refractivity contribution in [2.75, 3.05) is 11.9 Å². The van der Waals surface area contributed by atoms with Crippen molar-refractivity contribution < 1.29 is 5.11 Å². The number of hydrogen-bond donors (Lipinski definition) is 2. The molecule has 1 aliphatic heterocycles. The highest BCUT2D eigenvalue weighted by atomic mass is 16.3. The first-order valence-corrected chi connectivity index (χ1v) is 10.9. The van der Waals surface area contributed by atoms with Gasteiger partial charge in [-0.3, -0.25) is 4.90 Å². The lowest BCUT2D eigenvalue weighted by Crippen LogP contribution is -2.49. The lowest BCUT2D eigenvalue weighted by Gasteiger charge is -2.38. The fourth-order valence-electron chi connectivity index (χ4n) is 4.54. The number of aromatic nitrogens is 2. The molecule has 5 nitrogen and oxygen atoms in total. The Morgan fingerprint density at radius 2 is 1.77 bits per heavy atom. The van der Waals surface area contributed by atoms with Crippen LogP contribution in [0.1, 0.15) is 18.1 Å². The predicted molar refractivity (Wildman–Crippen MR) is 126 cm³/mol. The maximum absolute atomic E-state index is 10.6. The maximum atomic E-state index is 10.6. The van der Waals surface area contributed by atoms with Crippen LogP contribution in [0.5, 0.6) is 0 Å². The fraction of sp³-hybridized carbons (Fsp3) is 0.269. The molecule has 0 fully saturated rings. The van der Waals surface area contributed by atoms with Crippen LogP contribution >= 0.6 is 0 Å². The first kappa shape index (κ1) is 19.8. The normalized spacial score (nSPS) is 16.1. The second-order valence-electron chi connectivity index (χ2n) is 8.46. The van der Waals surface area contributed by atoms with Gasteiger partial charge >= 0.3 is 0 Å². The molecule has 0 saturated heterocycles. The second kappa shape index (κ2) is 8.17. The summed E-state index contributed by atoms with van der Waals surface area (Å²) in [4.78, 5) is 6.75. The average molecular weight is 413 g/mol. The average Bonchev–Trinajstić information content (AvgIpc) is 3.17. The van der Waals surface area contributed by atoms with Gasteiger partial charge in [0.25, 0.3) is 0 Å². The van der Waals surface area contributed by atoms with Crippen LogP contribution < -0.4 is 5.32 Å². The monoisotopic (exact) mass is 412 g/mol. The molecule has 0 radical (unpaired) electrons. The van der Waals surface area contributed by atoms with Crippen LogP contribution in [0.4, 0.5) is 5.69 Å². The van der Waals surface area contributed by atoms with E-state index in [9.17, 15) is 5.11 Å². The van der Waals surface area contributed by atoms with Gasteiger partial charge in [0.15, 0.2) is 0 Å². The Bertz CT molecular complexity index is 1210. The van der Waals surface area contributed by atoms with Gasteiger partial charge in [-0.25, -0.2) is 4.98 Å². The number of rotatable bonds is 5. The summed E-state index contributed by atoms with van der Waals surface area (Å²) in [5, 5.41) is 14.2. The van der Waals surface area contributed by atoms with E-state index >= 15 is 0 Å². The van der Waals surface area contributed by atoms with E-state index in [1.807, 2.05) is 24.9 Å². The molecular formula is C26H28N4O. The van der Waals surface area contributed by atoms with Crippen molar-refractivity contribution in [2.24, 2.45) is 7.05 Å². The van der Waals surface area contributed by atoms with Gasteiger partial charge in [-0.2, -0.15) is 0 Å². The molecule has 31 heavy (non-hydrogen) atoms. The third-order valence-corrected chi connectivity index (χ3v) is 6.25. The summed E-state index contributed by atoms with van der Waals surface area (Å²) in [6.45, 7) is 3.63. The highest BCUT2D eigenvalue weighted by molar-refractivity contribution is 5.82. The fourth-order valence-corrected chi connectivity index (χ4v) is 4.54. The van der Waals surface area contributed by atoms with Crippen molar-refractivity contribution in [3.05, 3.63) is 84.2 Å². The van der Waals surface area contributed by atoms with Crippen LogP contribution in [0.2, 0.25) is 0 Å². The van der Waals surface area contributed by atoms with Crippen molar-refractivity contribution in [1.29, 1.82) is 0 Å². The van der Waals surface area contributed by atoms with Crippen molar-refractivity contribution in [2.45, 2.75) is 32.2 Å². The summed E-state index contributed by atoms with van der Waals surface area (Å²) in [7, 11) is 2.01. The molecular weight excluding hydrogens is 384 g/mol. The van der Waals surface area contributed by atoms with E-state index in [-0.39, 0.29) is 6.17 Å². The number of benzene rings is 3. The molecule has 5 rings (SSSR count). The van der Waals surface area contributed by atoms with Gasteiger partial charge in [0.05, 0.1) is 23.5 Å². The van der Waals surface area contributed by atoms with Crippen LogP contribution in [0.3, 0.4) is 0 Å². The quantitative estimate of drug-likeness (QED) is 0.510. The number of imidazole rings is 1. The Balaban J connectivity index is 1.40. The highest BCUT2D eigenvalue weighted by Gasteiger charge is 2.26. The number of hydrogen-bond acceptors (Lipinski definition) is 4. The number of nitrogens with one attached hydrogen (secondary N) is 1. The van der Waals surface area contributed by atoms with E-state index in [1.165, 1.54) is 11.1 Å². The zero-order valence-electron chi connectivity index (χ0n) is 18.0. The van der Waals surface area contributed by atoms with Crippen LogP contribution in [0.25, 0.3) is 22.2 Å². The van der Waals surface area contributed by atoms with E-state index < -0.39 is 6.10 Å². The van der Waals surface area contributed by atoms with Gasteiger partial charge in [-0.1, -0.05) is 42.5 Å². The van der Waals surface area contributed by atoms with Crippen molar-refractivity contribution in [3.8, 4) is 11.1 Å². The number of fused-ring (bicyclic) bond motifs is 2. The van der Waals surface area contributed by atoms with Crippen LogP contribution in [0, 0.1) is 0 Å². The Morgan fingerprint density at radius 3 is 2.61 bits per heavy atom. The van der Waals surface area contributed by atoms with Crippen LogP contribution in [0.15, 0.2) is 73.1 Å². The molecule has 0 amide bonds. The standard InChI is InChI=1S/C26H28N4O/c1-18(31)26(30-13-12-19-6-3-4-7-22(19)16-30)28-23-9-5-8-20(14-23)21-10-11-24-25(15-21)29(2)17-27-24/h3-11,14-15,17-18,26,28,31H,12-13,16H2,1-2H3. The lowest BCUT2D eigenvalue weighted by atomic mass is 9.99. The third kappa shape index (κ3) is 3.94. The summed E-state index contributed by atoms with van der Waals surface area (Å²) in [5.74, 6) is 0. The van der Waals surface area contributed by atoms with Gasteiger partial charge in [-0.15, -0.1) is 0 Å². The van der Waals surface area contributed by atoms with E-state index in [4.69, 9.17) is 0 Å². The van der Waals surface area contributed by atoms with Gasteiger partial charge in [0.1, 0.15) is 6.17 Å². The molecule has 0 bridgehead atoms. The lowest BCUT2D eigenvalue weighted by molar-refractivity contribution is 0.0677.